The van der Waals surface area contributed by atoms with Gasteiger partial charge in [-0.05, 0) is 32.9 Å². The fourth-order valence-corrected chi connectivity index (χ4v) is 2.03. The Morgan fingerprint density at radius 1 is 1.55 bits per heavy atom. The zero-order valence-electron chi connectivity index (χ0n) is 8.09. The van der Waals surface area contributed by atoms with E-state index in [9.17, 15) is 0 Å². The van der Waals surface area contributed by atoms with Gasteiger partial charge in [-0.3, -0.25) is 0 Å². The minimum Gasteiger partial charge on any atom is -0.306 e. The molecule has 0 aromatic heterocycles. The first-order valence-corrected chi connectivity index (χ1v) is 4.52. The molecule has 0 N–H and O–H groups in total. The van der Waals surface area contributed by atoms with Gasteiger partial charge in [-0.2, -0.15) is 0 Å². The van der Waals surface area contributed by atoms with Crippen LogP contribution in [-0.4, -0.2) is 25.0 Å². The van der Waals surface area contributed by atoms with Crippen molar-refractivity contribution in [2.24, 2.45) is 5.92 Å². The van der Waals surface area contributed by atoms with E-state index in [1.165, 1.54) is 12.8 Å². The standard InChI is InChI=1S/C10H19N/c1-5-9-6-7-10(8(9)2)11(3)4/h6,8,10H,5,7H2,1-4H3/t8-,10-/m1/s1. The predicted octanol–water partition coefficient (Wildman–Crippen LogP) is 2.29. The van der Waals surface area contributed by atoms with Crippen molar-refractivity contribution in [2.45, 2.75) is 32.7 Å². The third kappa shape index (κ3) is 1.64. The fourth-order valence-electron chi connectivity index (χ4n) is 2.03. The summed E-state index contributed by atoms with van der Waals surface area (Å²) in [4.78, 5) is 2.34. The van der Waals surface area contributed by atoms with Crippen molar-refractivity contribution in [3.8, 4) is 0 Å². The third-order valence-electron chi connectivity index (χ3n) is 2.86. The lowest BCUT2D eigenvalue weighted by Crippen LogP contribution is -2.31. The Labute approximate surface area is 70.1 Å². The summed E-state index contributed by atoms with van der Waals surface area (Å²) in [5, 5.41) is 0. The Kier molecular flexibility index (Phi) is 2.72. The fraction of sp³-hybridized carbons (Fsp3) is 0.800. The van der Waals surface area contributed by atoms with Crippen molar-refractivity contribution in [2.75, 3.05) is 14.1 Å². The number of hydrogen-bond donors (Lipinski definition) is 0. The van der Waals surface area contributed by atoms with E-state index in [1.807, 2.05) is 0 Å². The van der Waals surface area contributed by atoms with Gasteiger partial charge in [-0.1, -0.05) is 25.5 Å². The molecule has 11 heavy (non-hydrogen) atoms. The molecule has 0 fully saturated rings. The summed E-state index contributed by atoms with van der Waals surface area (Å²) < 4.78 is 0. The van der Waals surface area contributed by atoms with Gasteiger partial charge < -0.3 is 4.90 Å². The Morgan fingerprint density at radius 2 is 2.18 bits per heavy atom. The van der Waals surface area contributed by atoms with Gasteiger partial charge in [0.2, 0.25) is 0 Å². The summed E-state index contributed by atoms with van der Waals surface area (Å²) in [7, 11) is 4.35. The predicted molar refractivity (Wildman–Crippen MR) is 49.6 cm³/mol. The van der Waals surface area contributed by atoms with Crippen LogP contribution in [0.3, 0.4) is 0 Å². The molecule has 1 rings (SSSR count). The zero-order valence-corrected chi connectivity index (χ0v) is 8.09. The number of rotatable bonds is 2. The van der Waals surface area contributed by atoms with Gasteiger partial charge in [-0.15, -0.1) is 0 Å². The van der Waals surface area contributed by atoms with E-state index < -0.39 is 0 Å². The first-order valence-electron chi connectivity index (χ1n) is 4.52. The molecule has 0 radical (unpaired) electrons. The van der Waals surface area contributed by atoms with Gasteiger partial charge >= 0.3 is 0 Å². The van der Waals surface area contributed by atoms with Crippen LogP contribution >= 0.6 is 0 Å². The molecule has 0 unspecified atom stereocenters. The Balaban J connectivity index is 2.56. The minimum absolute atomic E-state index is 0.755. The molecule has 0 aromatic carbocycles. The molecule has 1 heteroatoms. The normalized spacial score (nSPS) is 31.2. The van der Waals surface area contributed by atoms with Gasteiger partial charge in [0.05, 0.1) is 0 Å². The first-order chi connectivity index (χ1) is 5.16. The average molecular weight is 153 g/mol. The molecule has 0 amide bonds. The van der Waals surface area contributed by atoms with Crippen LogP contribution in [0.1, 0.15) is 26.7 Å². The lowest BCUT2D eigenvalue weighted by molar-refractivity contribution is 0.255. The Morgan fingerprint density at radius 3 is 2.45 bits per heavy atom. The number of hydrogen-bond acceptors (Lipinski definition) is 1. The van der Waals surface area contributed by atoms with Crippen molar-refractivity contribution in [1.29, 1.82) is 0 Å². The molecule has 0 bridgehead atoms. The Hall–Kier alpha value is -0.300. The van der Waals surface area contributed by atoms with Crippen LogP contribution in [0.15, 0.2) is 11.6 Å². The maximum Gasteiger partial charge on any atom is 0.0186 e. The zero-order chi connectivity index (χ0) is 8.43. The number of nitrogens with zero attached hydrogens (tertiary/aromatic N) is 1. The quantitative estimate of drug-likeness (QED) is 0.550. The molecule has 0 spiro atoms. The molecule has 0 aromatic rings. The monoisotopic (exact) mass is 153 g/mol. The van der Waals surface area contributed by atoms with E-state index in [4.69, 9.17) is 0 Å². The third-order valence-corrected chi connectivity index (χ3v) is 2.86. The molecule has 0 saturated heterocycles. The minimum atomic E-state index is 0.755. The molecule has 0 saturated carbocycles. The van der Waals surface area contributed by atoms with Gasteiger partial charge in [0.15, 0.2) is 0 Å². The molecule has 0 aliphatic heterocycles. The molecule has 0 heterocycles. The molecule has 1 aliphatic rings. The van der Waals surface area contributed by atoms with Crippen molar-refractivity contribution in [3.63, 3.8) is 0 Å². The molecule has 2 atom stereocenters. The highest BCUT2D eigenvalue weighted by Crippen LogP contribution is 2.30. The molecular weight excluding hydrogens is 134 g/mol. The van der Waals surface area contributed by atoms with E-state index in [2.05, 4.69) is 38.9 Å². The van der Waals surface area contributed by atoms with Crippen molar-refractivity contribution >= 4 is 0 Å². The van der Waals surface area contributed by atoms with E-state index in [-0.39, 0.29) is 0 Å². The van der Waals surface area contributed by atoms with E-state index in [0.717, 1.165) is 12.0 Å². The van der Waals surface area contributed by atoms with Crippen LogP contribution in [0.25, 0.3) is 0 Å². The molecule has 64 valence electrons. The van der Waals surface area contributed by atoms with Crippen LogP contribution in [0.4, 0.5) is 0 Å². The van der Waals surface area contributed by atoms with Gasteiger partial charge in [0, 0.05) is 6.04 Å². The SMILES string of the molecule is CCC1=CC[C@@H](N(C)C)[C@@H]1C. The van der Waals surface area contributed by atoms with E-state index in [1.54, 1.807) is 5.57 Å². The summed E-state index contributed by atoms with van der Waals surface area (Å²) in [5.74, 6) is 0.773. The second-order valence-electron chi connectivity index (χ2n) is 3.69. The smallest absolute Gasteiger partial charge is 0.0186 e. The van der Waals surface area contributed by atoms with Gasteiger partial charge in [0.1, 0.15) is 0 Å². The van der Waals surface area contributed by atoms with Crippen molar-refractivity contribution in [1.82, 2.24) is 4.90 Å². The highest BCUT2D eigenvalue weighted by Gasteiger charge is 2.25. The summed E-state index contributed by atoms with van der Waals surface area (Å²) in [6.07, 6.45) is 4.89. The first kappa shape index (κ1) is 8.79. The summed E-state index contributed by atoms with van der Waals surface area (Å²) in [5.41, 5.74) is 1.64. The largest absolute Gasteiger partial charge is 0.306 e. The summed E-state index contributed by atoms with van der Waals surface area (Å²) >= 11 is 0. The van der Waals surface area contributed by atoms with Gasteiger partial charge in [-0.25, -0.2) is 0 Å². The van der Waals surface area contributed by atoms with E-state index in [0.29, 0.717) is 0 Å². The lowest BCUT2D eigenvalue weighted by Gasteiger charge is -2.25. The van der Waals surface area contributed by atoms with Crippen LogP contribution in [0.5, 0.6) is 0 Å². The summed E-state index contributed by atoms with van der Waals surface area (Å²) in [6, 6.07) is 0.755. The lowest BCUT2D eigenvalue weighted by atomic mass is 9.97. The average Bonchev–Trinajstić information content (AvgIpc) is 2.30. The second-order valence-corrected chi connectivity index (χ2v) is 3.69. The van der Waals surface area contributed by atoms with Gasteiger partial charge in [0.25, 0.3) is 0 Å². The maximum absolute atomic E-state index is 2.41. The molecule has 1 aliphatic carbocycles. The Bertz CT molecular complexity index is 158. The van der Waals surface area contributed by atoms with E-state index >= 15 is 0 Å². The van der Waals surface area contributed by atoms with Crippen LogP contribution in [0.2, 0.25) is 0 Å². The van der Waals surface area contributed by atoms with Crippen LogP contribution in [0, 0.1) is 5.92 Å². The highest BCUT2D eigenvalue weighted by molar-refractivity contribution is 5.15. The van der Waals surface area contributed by atoms with Crippen molar-refractivity contribution in [3.05, 3.63) is 11.6 Å². The topological polar surface area (TPSA) is 3.24 Å². The molecular formula is C10H19N. The van der Waals surface area contributed by atoms with Crippen LogP contribution in [-0.2, 0) is 0 Å². The maximum atomic E-state index is 2.41. The van der Waals surface area contributed by atoms with Crippen molar-refractivity contribution < 1.29 is 0 Å². The van der Waals surface area contributed by atoms with Crippen LogP contribution < -0.4 is 0 Å². The second kappa shape index (κ2) is 3.40. The summed E-state index contributed by atoms with van der Waals surface area (Å²) in [6.45, 7) is 4.59. The molecule has 1 nitrogen and oxygen atoms in total. The highest BCUT2D eigenvalue weighted by atomic mass is 15.1.